The molecule has 1 aromatic rings. The van der Waals surface area contributed by atoms with Crippen molar-refractivity contribution in [1.29, 1.82) is 0 Å². The zero-order chi connectivity index (χ0) is 16.9. The average Bonchev–Trinajstić information content (AvgIpc) is 2.89. The van der Waals surface area contributed by atoms with Gasteiger partial charge in [0.25, 0.3) is 5.91 Å². The van der Waals surface area contributed by atoms with Crippen molar-refractivity contribution in [3.63, 3.8) is 0 Å². The van der Waals surface area contributed by atoms with Crippen LogP contribution in [-0.4, -0.2) is 54.3 Å². The van der Waals surface area contributed by atoms with Crippen LogP contribution in [0.15, 0.2) is 24.3 Å². The van der Waals surface area contributed by atoms with Gasteiger partial charge in [0, 0.05) is 44.7 Å². The number of rotatable bonds is 4. The lowest BCUT2D eigenvalue weighted by molar-refractivity contribution is -0.129. The molecule has 0 saturated carbocycles. The molecule has 5 heteroatoms. The molecule has 130 valence electrons. The number of benzene rings is 1. The molecule has 0 radical (unpaired) electrons. The third-order valence-corrected chi connectivity index (χ3v) is 5.16. The quantitative estimate of drug-likeness (QED) is 0.919. The molecule has 3 rings (SSSR count). The van der Waals surface area contributed by atoms with Gasteiger partial charge in [0.1, 0.15) is 0 Å². The van der Waals surface area contributed by atoms with Gasteiger partial charge in [-0.15, -0.1) is 0 Å². The fourth-order valence-corrected chi connectivity index (χ4v) is 3.88. The monoisotopic (exact) mass is 329 g/mol. The molecule has 1 aromatic carbocycles. The minimum Gasteiger partial charge on any atom is -0.355 e. The minimum atomic E-state index is -0.0414. The predicted molar refractivity (Wildman–Crippen MR) is 93.7 cm³/mol. The molecule has 0 spiro atoms. The number of hydrogen-bond acceptors (Lipinski definition) is 3. The summed E-state index contributed by atoms with van der Waals surface area (Å²) in [6.45, 7) is 3.88. The molecule has 1 atom stereocenters. The SMILES string of the molecule is CNC(=O)c1cccc(CN2CCCC(N3CCCC3=O)CC2)c1. The molecule has 2 aliphatic rings. The molecule has 1 unspecified atom stereocenters. The molecule has 2 fully saturated rings. The van der Waals surface area contributed by atoms with Gasteiger partial charge in [0.2, 0.25) is 5.91 Å². The predicted octanol–water partition coefficient (Wildman–Crippen LogP) is 2.02. The smallest absolute Gasteiger partial charge is 0.251 e. The van der Waals surface area contributed by atoms with E-state index in [1.165, 1.54) is 5.56 Å². The highest BCUT2D eigenvalue weighted by molar-refractivity contribution is 5.94. The van der Waals surface area contributed by atoms with Gasteiger partial charge in [-0.25, -0.2) is 0 Å². The lowest BCUT2D eigenvalue weighted by Crippen LogP contribution is -2.37. The van der Waals surface area contributed by atoms with Crippen molar-refractivity contribution < 1.29 is 9.59 Å². The van der Waals surface area contributed by atoms with Crippen molar-refractivity contribution in [3.05, 3.63) is 35.4 Å². The topological polar surface area (TPSA) is 52.7 Å². The fraction of sp³-hybridized carbons (Fsp3) is 0.579. The molecule has 0 aliphatic carbocycles. The van der Waals surface area contributed by atoms with Crippen molar-refractivity contribution in [3.8, 4) is 0 Å². The van der Waals surface area contributed by atoms with Crippen LogP contribution in [0, 0.1) is 0 Å². The molecule has 0 aromatic heterocycles. The lowest BCUT2D eigenvalue weighted by atomic mass is 10.1. The van der Waals surface area contributed by atoms with Crippen LogP contribution in [0.4, 0.5) is 0 Å². The molecule has 2 aliphatic heterocycles. The fourth-order valence-electron chi connectivity index (χ4n) is 3.88. The second kappa shape index (κ2) is 7.79. The van der Waals surface area contributed by atoms with E-state index >= 15 is 0 Å². The number of nitrogens with zero attached hydrogens (tertiary/aromatic N) is 2. The van der Waals surface area contributed by atoms with Crippen molar-refractivity contribution in [2.75, 3.05) is 26.7 Å². The van der Waals surface area contributed by atoms with E-state index in [2.05, 4.69) is 21.2 Å². The van der Waals surface area contributed by atoms with Crippen LogP contribution in [0.1, 0.15) is 48.0 Å². The van der Waals surface area contributed by atoms with Gasteiger partial charge in [-0.1, -0.05) is 12.1 Å². The van der Waals surface area contributed by atoms with Crippen LogP contribution >= 0.6 is 0 Å². The molecule has 24 heavy (non-hydrogen) atoms. The molecular formula is C19H27N3O2. The van der Waals surface area contributed by atoms with Crippen LogP contribution < -0.4 is 5.32 Å². The van der Waals surface area contributed by atoms with Gasteiger partial charge in [-0.2, -0.15) is 0 Å². The first-order valence-corrected chi connectivity index (χ1v) is 9.00. The van der Waals surface area contributed by atoms with Crippen molar-refractivity contribution in [2.45, 2.75) is 44.7 Å². The summed E-state index contributed by atoms with van der Waals surface area (Å²) in [6, 6.07) is 8.27. The Bertz CT molecular complexity index is 602. The first-order chi connectivity index (χ1) is 11.7. The van der Waals surface area contributed by atoms with Gasteiger partial charge in [0.05, 0.1) is 0 Å². The molecule has 5 nitrogen and oxygen atoms in total. The Labute approximate surface area is 144 Å². The minimum absolute atomic E-state index is 0.0414. The first-order valence-electron chi connectivity index (χ1n) is 9.00. The Morgan fingerprint density at radius 3 is 2.83 bits per heavy atom. The normalized spacial score (nSPS) is 22.5. The first kappa shape index (κ1) is 17.0. The van der Waals surface area contributed by atoms with E-state index in [-0.39, 0.29) is 5.91 Å². The lowest BCUT2D eigenvalue weighted by Gasteiger charge is -2.27. The zero-order valence-corrected chi connectivity index (χ0v) is 14.5. The van der Waals surface area contributed by atoms with Gasteiger partial charge in [0.15, 0.2) is 0 Å². The largest absolute Gasteiger partial charge is 0.355 e. The summed E-state index contributed by atoms with van der Waals surface area (Å²) in [5.41, 5.74) is 1.89. The summed E-state index contributed by atoms with van der Waals surface area (Å²) in [4.78, 5) is 28.3. The summed E-state index contributed by atoms with van der Waals surface area (Å²) in [7, 11) is 1.66. The maximum absolute atomic E-state index is 12.0. The third-order valence-electron chi connectivity index (χ3n) is 5.16. The number of likely N-dealkylation sites (tertiary alicyclic amines) is 2. The zero-order valence-electron chi connectivity index (χ0n) is 14.5. The number of hydrogen-bond donors (Lipinski definition) is 1. The van der Waals surface area contributed by atoms with E-state index in [1.54, 1.807) is 7.05 Å². The highest BCUT2D eigenvalue weighted by atomic mass is 16.2. The Morgan fingerprint density at radius 2 is 2.08 bits per heavy atom. The molecule has 2 amide bonds. The second-order valence-corrected chi connectivity index (χ2v) is 6.83. The summed E-state index contributed by atoms with van der Waals surface area (Å²) in [5.74, 6) is 0.298. The number of amides is 2. The average molecular weight is 329 g/mol. The Hall–Kier alpha value is -1.88. The maximum atomic E-state index is 12.0. The summed E-state index contributed by atoms with van der Waals surface area (Å²) >= 11 is 0. The van der Waals surface area contributed by atoms with Crippen LogP contribution in [0.25, 0.3) is 0 Å². The summed E-state index contributed by atoms with van der Waals surface area (Å²) in [6.07, 6.45) is 5.04. The van der Waals surface area contributed by atoms with Crippen molar-refractivity contribution in [2.24, 2.45) is 0 Å². The standard InChI is InChI=1S/C19H27N3O2/c1-20-19(24)16-6-2-5-15(13-16)14-21-10-3-7-17(9-12-21)22-11-4-8-18(22)23/h2,5-6,13,17H,3-4,7-12,14H2,1H3,(H,20,24). The molecule has 0 bridgehead atoms. The van der Waals surface area contributed by atoms with Crippen LogP contribution in [0.3, 0.4) is 0 Å². The van der Waals surface area contributed by atoms with E-state index in [0.29, 0.717) is 17.5 Å². The third kappa shape index (κ3) is 3.96. The van der Waals surface area contributed by atoms with E-state index in [0.717, 1.165) is 58.3 Å². The Balaban J connectivity index is 1.58. The number of carbonyl (C=O) groups excluding carboxylic acids is 2. The van der Waals surface area contributed by atoms with Crippen molar-refractivity contribution >= 4 is 11.8 Å². The van der Waals surface area contributed by atoms with Gasteiger partial charge in [-0.3, -0.25) is 14.5 Å². The van der Waals surface area contributed by atoms with Gasteiger partial charge in [-0.05, 0) is 49.9 Å². The molecule has 2 heterocycles. The van der Waals surface area contributed by atoms with Crippen LogP contribution in [0.2, 0.25) is 0 Å². The van der Waals surface area contributed by atoms with Crippen LogP contribution in [-0.2, 0) is 11.3 Å². The van der Waals surface area contributed by atoms with Crippen molar-refractivity contribution in [1.82, 2.24) is 15.1 Å². The highest BCUT2D eigenvalue weighted by Crippen LogP contribution is 2.23. The number of nitrogens with one attached hydrogen (secondary N) is 1. The summed E-state index contributed by atoms with van der Waals surface area (Å²) in [5, 5.41) is 2.67. The molecule has 1 N–H and O–H groups in total. The molecular weight excluding hydrogens is 302 g/mol. The second-order valence-electron chi connectivity index (χ2n) is 6.83. The van der Waals surface area contributed by atoms with E-state index < -0.39 is 0 Å². The van der Waals surface area contributed by atoms with Gasteiger partial charge < -0.3 is 10.2 Å². The maximum Gasteiger partial charge on any atom is 0.251 e. The molecule has 2 saturated heterocycles. The summed E-state index contributed by atoms with van der Waals surface area (Å²) < 4.78 is 0. The van der Waals surface area contributed by atoms with E-state index in [1.807, 2.05) is 18.2 Å². The Morgan fingerprint density at radius 1 is 1.21 bits per heavy atom. The Kier molecular flexibility index (Phi) is 5.51. The number of carbonyl (C=O) groups is 2. The van der Waals surface area contributed by atoms with E-state index in [9.17, 15) is 9.59 Å². The van der Waals surface area contributed by atoms with E-state index in [4.69, 9.17) is 0 Å². The van der Waals surface area contributed by atoms with Gasteiger partial charge >= 0.3 is 0 Å². The van der Waals surface area contributed by atoms with Crippen LogP contribution in [0.5, 0.6) is 0 Å². The highest BCUT2D eigenvalue weighted by Gasteiger charge is 2.29.